The summed E-state index contributed by atoms with van der Waals surface area (Å²) in [7, 11) is 0. The number of nitrogens with zero attached hydrogens (tertiary/aromatic N) is 1. The van der Waals surface area contributed by atoms with E-state index in [0.717, 1.165) is 12.1 Å². The Labute approximate surface area is 202 Å². The summed E-state index contributed by atoms with van der Waals surface area (Å²) in [6.07, 6.45) is -2.41. The standard InChI is InChI=1S/C23H21NO12/c25-10-1-8(2-11(26)16(10)24-31)18-22(36-18)35-15-5-23(15)7-33-19-14(6-32-20(19)23)34-21(30)9-3-12(27)17(29)13(28)4-9/h1-4,14-15,18-20,22,25-29H,5-7H2/t14?,15?,18-,19?,20?,22?,23?/m0/s1. The lowest BCUT2D eigenvalue weighted by atomic mass is 9.98. The zero-order valence-electron chi connectivity index (χ0n) is 18.4. The first-order chi connectivity index (χ1) is 17.2. The van der Waals surface area contributed by atoms with E-state index in [0.29, 0.717) is 18.6 Å². The molecular weight excluding hydrogens is 482 g/mol. The van der Waals surface area contributed by atoms with E-state index >= 15 is 0 Å². The minimum atomic E-state index is -0.820. The van der Waals surface area contributed by atoms with E-state index in [1.54, 1.807) is 0 Å². The van der Waals surface area contributed by atoms with E-state index in [2.05, 4.69) is 5.18 Å². The van der Waals surface area contributed by atoms with E-state index in [1.807, 2.05) is 0 Å². The molecule has 4 aliphatic rings. The summed E-state index contributed by atoms with van der Waals surface area (Å²) in [5.41, 5.74) is -0.585. The molecule has 5 N–H and O–H groups in total. The van der Waals surface area contributed by atoms with E-state index < -0.39 is 70.4 Å². The Hall–Kier alpha value is -3.65. The highest BCUT2D eigenvalue weighted by Gasteiger charge is 2.71. The molecule has 2 aromatic carbocycles. The first-order valence-electron chi connectivity index (χ1n) is 11.1. The summed E-state index contributed by atoms with van der Waals surface area (Å²) < 4.78 is 28.9. The summed E-state index contributed by atoms with van der Waals surface area (Å²) in [5.74, 6) is -3.77. The molecular formula is C23H21NO12. The van der Waals surface area contributed by atoms with Gasteiger partial charge in [0, 0.05) is 0 Å². The normalized spacial score (nSPS) is 33.9. The van der Waals surface area contributed by atoms with E-state index in [-0.39, 0.29) is 24.4 Å². The van der Waals surface area contributed by atoms with Crippen LogP contribution in [0.1, 0.15) is 28.4 Å². The van der Waals surface area contributed by atoms with Gasteiger partial charge in [0.25, 0.3) is 0 Å². The predicted molar refractivity (Wildman–Crippen MR) is 115 cm³/mol. The number of phenols is 5. The first kappa shape index (κ1) is 22.8. The number of esters is 1. The van der Waals surface area contributed by atoms with Crippen LogP contribution in [0.4, 0.5) is 5.69 Å². The van der Waals surface area contributed by atoms with Crippen LogP contribution in [0.25, 0.3) is 0 Å². The van der Waals surface area contributed by atoms with Gasteiger partial charge >= 0.3 is 5.97 Å². The minimum Gasteiger partial charge on any atom is -0.505 e. The SMILES string of the molecule is O=Nc1c(O)cc([C@@H]2OC2OC2CC23COC2C(OC(=O)c4cc(O)c(O)c(O)c4)COC23)cc1O. The molecule has 1 aliphatic carbocycles. The maximum absolute atomic E-state index is 12.5. The number of phenolic OH excluding ortho intramolecular Hbond substituents is 5. The van der Waals surface area contributed by atoms with Gasteiger partial charge in [0.05, 0.1) is 36.4 Å². The molecule has 4 fully saturated rings. The number of hydrogen-bond donors (Lipinski definition) is 5. The van der Waals surface area contributed by atoms with E-state index in [4.69, 9.17) is 23.7 Å². The second-order valence-electron chi connectivity index (χ2n) is 9.32. The molecule has 3 aliphatic heterocycles. The van der Waals surface area contributed by atoms with Gasteiger partial charge in [0.2, 0.25) is 0 Å². The van der Waals surface area contributed by atoms with E-state index in [1.165, 1.54) is 12.1 Å². The summed E-state index contributed by atoms with van der Waals surface area (Å²) in [5, 5.41) is 51.0. The van der Waals surface area contributed by atoms with Gasteiger partial charge in [-0.1, -0.05) is 0 Å². The first-order valence-corrected chi connectivity index (χ1v) is 11.1. The van der Waals surface area contributed by atoms with Crippen molar-refractivity contribution >= 4 is 11.7 Å². The second-order valence-corrected chi connectivity index (χ2v) is 9.32. The van der Waals surface area contributed by atoms with Crippen molar-refractivity contribution in [3.8, 4) is 28.7 Å². The third-order valence-electron chi connectivity index (χ3n) is 7.09. The minimum absolute atomic E-state index is 0.0871. The number of rotatable bonds is 6. The van der Waals surface area contributed by atoms with Crippen molar-refractivity contribution in [2.24, 2.45) is 10.6 Å². The lowest BCUT2D eigenvalue weighted by molar-refractivity contribution is -0.0258. The average Bonchev–Trinajstić information content (AvgIpc) is 3.67. The molecule has 2 aromatic rings. The molecule has 13 nitrogen and oxygen atoms in total. The second kappa shape index (κ2) is 7.93. The van der Waals surface area contributed by atoms with Crippen molar-refractivity contribution in [2.75, 3.05) is 13.2 Å². The Kier molecular flexibility index (Phi) is 5.02. The average molecular weight is 503 g/mol. The number of nitroso groups, excluding NO2 is 1. The molecule has 0 radical (unpaired) electrons. The lowest BCUT2D eigenvalue weighted by Gasteiger charge is -2.17. The van der Waals surface area contributed by atoms with Crippen LogP contribution in [0.2, 0.25) is 0 Å². The highest BCUT2D eigenvalue weighted by Crippen LogP contribution is 2.61. The number of benzene rings is 2. The van der Waals surface area contributed by atoms with Crippen molar-refractivity contribution in [1.82, 2.24) is 0 Å². The van der Waals surface area contributed by atoms with Gasteiger partial charge in [-0.25, -0.2) is 4.79 Å². The van der Waals surface area contributed by atoms with Crippen LogP contribution < -0.4 is 0 Å². The smallest absolute Gasteiger partial charge is 0.338 e. The fourth-order valence-corrected chi connectivity index (χ4v) is 5.04. The summed E-state index contributed by atoms with van der Waals surface area (Å²) in [6.45, 7) is 0.407. The zero-order chi connectivity index (χ0) is 25.4. The molecule has 3 heterocycles. The number of fused-ring (bicyclic) bond motifs is 2. The molecule has 0 bridgehead atoms. The molecule has 6 unspecified atom stereocenters. The van der Waals surface area contributed by atoms with Gasteiger partial charge in [-0.15, -0.1) is 4.91 Å². The van der Waals surface area contributed by atoms with Crippen LogP contribution in [0, 0.1) is 10.3 Å². The van der Waals surface area contributed by atoms with Gasteiger partial charge in [-0.3, -0.25) is 0 Å². The van der Waals surface area contributed by atoms with Crippen molar-refractivity contribution in [3.05, 3.63) is 40.3 Å². The monoisotopic (exact) mass is 503 g/mol. The van der Waals surface area contributed by atoms with Crippen LogP contribution in [-0.4, -0.2) is 75.4 Å². The van der Waals surface area contributed by atoms with Gasteiger partial charge in [-0.05, 0) is 41.4 Å². The molecule has 1 saturated carbocycles. The largest absolute Gasteiger partial charge is 0.505 e. The maximum atomic E-state index is 12.5. The third kappa shape index (κ3) is 3.51. The third-order valence-corrected chi connectivity index (χ3v) is 7.09. The summed E-state index contributed by atoms with van der Waals surface area (Å²) in [4.78, 5) is 23.2. The summed E-state index contributed by atoms with van der Waals surface area (Å²) in [6, 6.07) is 4.55. The van der Waals surface area contributed by atoms with Crippen molar-refractivity contribution in [1.29, 1.82) is 0 Å². The Balaban J connectivity index is 1.07. The molecule has 36 heavy (non-hydrogen) atoms. The Morgan fingerprint density at radius 1 is 1.00 bits per heavy atom. The molecule has 0 aromatic heterocycles. The number of aromatic hydroxyl groups is 5. The van der Waals surface area contributed by atoms with Gasteiger partial charge in [0.15, 0.2) is 35.3 Å². The van der Waals surface area contributed by atoms with E-state index in [9.17, 15) is 35.2 Å². The number of carbonyl (C=O) groups excluding carboxylic acids is 1. The number of hydrogen-bond acceptors (Lipinski definition) is 13. The molecule has 3 saturated heterocycles. The van der Waals surface area contributed by atoms with Gasteiger partial charge in [-0.2, -0.15) is 0 Å². The van der Waals surface area contributed by atoms with Crippen molar-refractivity contribution in [3.63, 3.8) is 0 Å². The number of epoxide rings is 1. The van der Waals surface area contributed by atoms with Crippen LogP contribution in [-0.2, 0) is 23.7 Å². The molecule has 7 atom stereocenters. The molecule has 0 amide bonds. The Morgan fingerprint density at radius 3 is 2.36 bits per heavy atom. The van der Waals surface area contributed by atoms with Gasteiger partial charge in [0.1, 0.15) is 23.7 Å². The molecule has 190 valence electrons. The predicted octanol–water partition coefficient (Wildman–Crippen LogP) is 1.81. The van der Waals surface area contributed by atoms with Crippen LogP contribution in [0.5, 0.6) is 28.7 Å². The topological polar surface area (TPSA) is 197 Å². The molecule has 13 heteroatoms. The number of carbonyl (C=O) groups is 1. The quantitative estimate of drug-likeness (QED) is 0.166. The molecule has 1 spiro atoms. The number of ether oxygens (including phenoxy) is 5. The van der Waals surface area contributed by atoms with Crippen LogP contribution in [0.15, 0.2) is 29.4 Å². The van der Waals surface area contributed by atoms with Crippen LogP contribution in [0.3, 0.4) is 0 Å². The highest BCUT2D eigenvalue weighted by molar-refractivity contribution is 5.91. The molecule has 6 rings (SSSR count). The highest BCUT2D eigenvalue weighted by atomic mass is 16.8. The maximum Gasteiger partial charge on any atom is 0.338 e. The Bertz CT molecular complexity index is 1220. The Morgan fingerprint density at radius 2 is 1.69 bits per heavy atom. The van der Waals surface area contributed by atoms with Crippen LogP contribution >= 0.6 is 0 Å². The van der Waals surface area contributed by atoms with Gasteiger partial charge < -0.3 is 49.2 Å². The lowest BCUT2D eigenvalue weighted by Crippen LogP contribution is -2.34. The zero-order valence-corrected chi connectivity index (χ0v) is 18.4. The fraction of sp³-hybridized carbons (Fsp3) is 0.435. The van der Waals surface area contributed by atoms with Crippen molar-refractivity contribution in [2.45, 2.75) is 43.2 Å². The fourth-order valence-electron chi connectivity index (χ4n) is 5.04. The van der Waals surface area contributed by atoms with Crippen molar-refractivity contribution < 1.29 is 54.0 Å². The summed E-state index contributed by atoms with van der Waals surface area (Å²) >= 11 is 0.